The van der Waals surface area contributed by atoms with Gasteiger partial charge in [-0.05, 0) is 56.3 Å². The summed E-state index contributed by atoms with van der Waals surface area (Å²) in [6.45, 7) is 5.09. The summed E-state index contributed by atoms with van der Waals surface area (Å²) in [6.07, 6.45) is 0.168. The molecule has 0 aliphatic heterocycles. The van der Waals surface area contributed by atoms with E-state index >= 15 is 0 Å². The van der Waals surface area contributed by atoms with Crippen molar-refractivity contribution in [3.05, 3.63) is 64.7 Å². The van der Waals surface area contributed by atoms with Gasteiger partial charge in [0, 0.05) is 47.8 Å². The van der Waals surface area contributed by atoms with Gasteiger partial charge in [-0.25, -0.2) is 0 Å². The summed E-state index contributed by atoms with van der Waals surface area (Å²) in [7, 11) is 0. The highest BCUT2D eigenvalue weighted by atomic mass is 35.5. The van der Waals surface area contributed by atoms with Gasteiger partial charge in [0.2, 0.25) is 5.91 Å². The van der Waals surface area contributed by atoms with Gasteiger partial charge < -0.3 is 10.2 Å². The maximum atomic E-state index is 12.4. The van der Waals surface area contributed by atoms with Crippen LogP contribution in [0.15, 0.2) is 48.5 Å². The van der Waals surface area contributed by atoms with E-state index in [0.717, 1.165) is 0 Å². The number of hydrogen-bond acceptors (Lipinski definition) is 3. The molecule has 27 heavy (non-hydrogen) atoms. The lowest BCUT2D eigenvalue weighted by atomic mass is 10.1. The second-order valence-corrected chi connectivity index (χ2v) is 6.47. The van der Waals surface area contributed by atoms with Crippen LogP contribution in [-0.4, -0.2) is 35.6 Å². The number of benzene rings is 2. The molecule has 0 radical (unpaired) electrons. The van der Waals surface area contributed by atoms with Gasteiger partial charge in [0.25, 0.3) is 5.91 Å². The molecule has 0 bridgehead atoms. The molecule has 0 spiro atoms. The molecule has 0 atom stereocenters. The molecule has 1 N–H and O–H groups in total. The van der Waals surface area contributed by atoms with Gasteiger partial charge in [-0.1, -0.05) is 17.7 Å². The number of halogens is 1. The van der Waals surface area contributed by atoms with E-state index in [0.29, 0.717) is 34.9 Å². The van der Waals surface area contributed by atoms with Crippen LogP contribution < -0.4 is 5.32 Å². The van der Waals surface area contributed by atoms with Crippen molar-refractivity contribution in [3.8, 4) is 0 Å². The van der Waals surface area contributed by atoms with Crippen molar-refractivity contribution in [1.29, 1.82) is 0 Å². The highest BCUT2D eigenvalue weighted by Gasteiger charge is 2.14. The lowest BCUT2D eigenvalue weighted by molar-refractivity contribution is -0.116. The van der Waals surface area contributed by atoms with Crippen LogP contribution in [-0.2, 0) is 4.79 Å². The molecule has 0 aliphatic rings. The molecule has 142 valence electrons. The van der Waals surface area contributed by atoms with Crippen molar-refractivity contribution in [3.63, 3.8) is 0 Å². The summed E-state index contributed by atoms with van der Waals surface area (Å²) < 4.78 is 0. The Hall–Kier alpha value is -2.66. The zero-order chi connectivity index (χ0) is 19.8. The zero-order valence-electron chi connectivity index (χ0n) is 15.5. The van der Waals surface area contributed by atoms with Crippen molar-refractivity contribution < 1.29 is 14.4 Å². The minimum atomic E-state index is -0.273. The van der Waals surface area contributed by atoms with Crippen LogP contribution in [0.5, 0.6) is 0 Å². The van der Waals surface area contributed by atoms with Gasteiger partial charge in [0.15, 0.2) is 5.78 Å². The molecule has 0 unspecified atom stereocenters. The van der Waals surface area contributed by atoms with Crippen LogP contribution in [0.2, 0.25) is 5.02 Å². The number of carbonyl (C=O) groups is 3. The number of hydrogen-bond donors (Lipinski definition) is 1. The van der Waals surface area contributed by atoms with Gasteiger partial charge in [0.05, 0.1) is 0 Å². The summed E-state index contributed by atoms with van der Waals surface area (Å²) in [6, 6.07) is 13.4. The van der Waals surface area contributed by atoms with Crippen LogP contribution >= 0.6 is 11.6 Å². The molecule has 0 saturated carbocycles. The third kappa shape index (κ3) is 5.93. The summed E-state index contributed by atoms with van der Waals surface area (Å²) in [5.74, 6) is -0.467. The second kappa shape index (κ2) is 9.88. The van der Waals surface area contributed by atoms with Crippen LogP contribution in [0.4, 0.5) is 5.69 Å². The molecule has 2 amide bonds. The van der Waals surface area contributed by atoms with Crippen LogP contribution in [0, 0.1) is 0 Å². The molecule has 6 heteroatoms. The fraction of sp³-hybridized carbons (Fsp3) is 0.286. The molecule has 0 aliphatic carbocycles. The number of Topliss-reactive ketones (excluding diaryl/α,β-unsaturated/α-hetero) is 1. The minimum Gasteiger partial charge on any atom is -0.339 e. The molecule has 5 nitrogen and oxygen atoms in total. The Morgan fingerprint density at radius 1 is 0.926 bits per heavy atom. The van der Waals surface area contributed by atoms with E-state index in [9.17, 15) is 14.4 Å². The van der Waals surface area contributed by atoms with E-state index in [4.69, 9.17) is 11.6 Å². The third-order valence-electron chi connectivity index (χ3n) is 4.19. The summed E-state index contributed by atoms with van der Waals surface area (Å²) in [5.41, 5.74) is 1.59. The number of nitrogens with one attached hydrogen (secondary N) is 1. The Kier molecular flexibility index (Phi) is 7.55. The third-order valence-corrected chi connectivity index (χ3v) is 4.44. The molecular formula is C21H23ClN2O3. The van der Waals surface area contributed by atoms with Crippen LogP contribution in [0.25, 0.3) is 0 Å². The predicted molar refractivity (Wildman–Crippen MR) is 107 cm³/mol. The number of rotatable bonds is 8. The van der Waals surface area contributed by atoms with Crippen LogP contribution in [0.3, 0.4) is 0 Å². The van der Waals surface area contributed by atoms with Crippen molar-refractivity contribution in [1.82, 2.24) is 4.90 Å². The largest absolute Gasteiger partial charge is 0.339 e. The van der Waals surface area contributed by atoms with E-state index in [1.807, 2.05) is 13.8 Å². The molecule has 2 aromatic rings. The van der Waals surface area contributed by atoms with Crippen molar-refractivity contribution in [2.24, 2.45) is 0 Å². The monoisotopic (exact) mass is 386 g/mol. The predicted octanol–water partition coefficient (Wildman–Crippen LogP) is 4.42. The highest BCUT2D eigenvalue weighted by Crippen LogP contribution is 2.15. The smallest absolute Gasteiger partial charge is 0.253 e. The maximum absolute atomic E-state index is 12.4. The van der Waals surface area contributed by atoms with Crippen molar-refractivity contribution in [2.45, 2.75) is 26.7 Å². The Balaban J connectivity index is 1.93. The first-order chi connectivity index (χ1) is 12.9. The average Bonchev–Trinajstić information content (AvgIpc) is 2.67. The van der Waals surface area contributed by atoms with E-state index < -0.39 is 0 Å². The highest BCUT2D eigenvalue weighted by molar-refractivity contribution is 6.30. The van der Waals surface area contributed by atoms with E-state index in [2.05, 4.69) is 5.32 Å². The van der Waals surface area contributed by atoms with Crippen LogP contribution in [0.1, 0.15) is 47.4 Å². The maximum Gasteiger partial charge on any atom is 0.253 e. The Morgan fingerprint density at radius 2 is 1.59 bits per heavy atom. The molecule has 0 saturated heterocycles. The Morgan fingerprint density at radius 3 is 2.22 bits per heavy atom. The average molecular weight is 387 g/mol. The van der Waals surface area contributed by atoms with Gasteiger partial charge >= 0.3 is 0 Å². The van der Waals surface area contributed by atoms with Crippen molar-refractivity contribution in [2.75, 3.05) is 18.4 Å². The first kappa shape index (κ1) is 20.6. The molecular weight excluding hydrogens is 364 g/mol. The zero-order valence-corrected chi connectivity index (χ0v) is 16.3. The lowest BCUT2D eigenvalue weighted by Gasteiger charge is -2.19. The first-order valence-corrected chi connectivity index (χ1v) is 9.30. The number of ketones is 1. The molecule has 0 fully saturated rings. The number of nitrogens with zero attached hydrogens (tertiary/aromatic N) is 1. The fourth-order valence-corrected chi connectivity index (χ4v) is 2.78. The molecule has 2 aromatic carbocycles. The van der Waals surface area contributed by atoms with E-state index in [-0.39, 0.29) is 30.4 Å². The quantitative estimate of drug-likeness (QED) is 0.683. The molecule has 0 aromatic heterocycles. The van der Waals surface area contributed by atoms with E-state index in [1.54, 1.807) is 53.4 Å². The topological polar surface area (TPSA) is 66.5 Å². The second-order valence-electron chi connectivity index (χ2n) is 6.04. The number of amides is 2. The Labute approximate surface area is 164 Å². The lowest BCUT2D eigenvalue weighted by Crippen LogP contribution is -2.30. The van der Waals surface area contributed by atoms with Gasteiger partial charge in [0.1, 0.15) is 0 Å². The van der Waals surface area contributed by atoms with Gasteiger partial charge in [-0.2, -0.15) is 0 Å². The normalized spacial score (nSPS) is 10.3. The SMILES string of the molecule is CCN(CC)C(=O)c1cccc(NC(=O)CCC(=O)c2ccc(Cl)cc2)c1. The fourth-order valence-electron chi connectivity index (χ4n) is 2.65. The first-order valence-electron chi connectivity index (χ1n) is 8.92. The Bertz CT molecular complexity index is 814. The van der Waals surface area contributed by atoms with E-state index in [1.165, 1.54) is 0 Å². The van der Waals surface area contributed by atoms with Gasteiger partial charge in [-0.3, -0.25) is 14.4 Å². The summed E-state index contributed by atoms with van der Waals surface area (Å²) in [4.78, 5) is 38.4. The number of anilines is 1. The molecule has 2 rings (SSSR count). The van der Waals surface area contributed by atoms with Gasteiger partial charge in [-0.15, -0.1) is 0 Å². The van der Waals surface area contributed by atoms with Crippen molar-refractivity contribution >= 4 is 34.9 Å². The summed E-state index contributed by atoms with van der Waals surface area (Å²) in [5, 5.41) is 3.30. The standard InChI is InChI=1S/C21H23ClN2O3/c1-3-24(4-2)21(27)16-6-5-7-18(14-16)23-20(26)13-12-19(25)15-8-10-17(22)11-9-15/h5-11,14H,3-4,12-13H2,1-2H3,(H,23,26). The minimum absolute atomic E-state index is 0.0652. The number of carbonyl (C=O) groups excluding carboxylic acids is 3. The molecule has 0 heterocycles. The summed E-state index contributed by atoms with van der Waals surface area (Å²) >= 11 is 5.80.